The van der Waals surface area contributed by atoms with Gasteiger partial charge in [-0.1, -0.05) is 20.3 Å². The highest BCUT2D eigenvalue weighted by atomic mass is 16.2. The molecule has 3 nitrogen and oxygen atoms in total. The lowest BCUT2D eigenvalue weighted by Gasteiger charge is -2.27. The van der Waals surface area contributed by atoms with E-state index in [1.165, 1.54) is 0 Å². The van der Waals surface area contributed by atoms with Crippen LogP contribution < -0.4 is 5.73 Å². The SMILES string of the molecule is CCC(C)C(N)C(=O)N(C)C(C)C. The van der Waals surface area contributed by atoms with Crippen molar-refractivity contribution in [2.75, 3.05) is 7.05 Å². The molecule has 0 fully saturated rings. The third-order valence-corrected chi connectivity index (χ3v) is 2.66. The van der Waals surface area contributed by atoms with E-state index in [1.807, 2.05) is 27.7 Å². The number of rotatable bonds is 4. The van der Waals surface area contributed by atoms with Crippen LogP contribution in [0, 0.1) is 5.92 Å². The van der Waals surface area contributed by atoms with Crippen LogP contribution in [0.15, 0.2) is 0 Å². The molecule has 0 aliphatic rings. The van der Waals surface area contributed by atoms with Crippen molar-refractivity contribution < 1.29 is 4.79 Å². The predicted molar refractivity (Wildman–Crippen MR) is 55.3 cm³/mol. The fraction of sp³-hybridized carbons (Fsp3) is 0.900. The fourth-order valence-corrected chi connectivity index (χ4v) is 0.987. The van der Waals surface area contributed by atoms with Gasteiger partial charge >= 0.3 is 0 Å². The van der Waals surface area contributed by atoms with Crippen molar-refractivity contribution in [1.29, 1.82) is 0 Å². The maximum absolute atomic E-state index is 11.7. The van der Waals surface area contributed by atoms with Crippen LogP contribution in [0.3, 0.4) is 0 Å². The average Bonchev–Trinajstić information content (AvgIpc) is 2.12. The van der Waals surface area contributed by atoms with E-state index in [4.69, 9.17) is 5.73 Å². The van der Waals surface area contributed by atoms with Gasteiger partial charge in [-0.2, -0.15) is 0 Å². The molecule has 0 bridgehead atoms. The van der Waals surface area contributed by atoms with E-state index in [-0.39, 0.29) is 23.9 Å². The lowest BCUT2D eigenvalue weighted by Crippen LogP contribution is -2.47. The fourth-order valence-electron chi connectivity index (χ4n) is 0.987. The molecule has 0 aliphatic carbocycles. The molecule has 0 heterocycles. The molecule has 0 aliphatic heterocycles. The van der Waals surface area contributed by atoms with E-state index >= 15 is 0 Å². The Morgan fingerprint density at radius 1 is 1.38 bits per heavy atom. The molecule has 0 aromatic rings. The summed E-state index contributed by atoms with van der Waals surface area (Å²) < 4.78 is 0. The highest BCUT2D eigenvalue weighted by molar-refractivity contribution is 5.81. The van der Waals surface area contributed by atoms with Gasteiger partial charge in [0.25, 0.3) is 0 Å². The van der Waals surface area contributed by atoms with E-state index < -0.39 is 0 Å². The number of nitrogens with two attached hydrogens (primary N) is 1. The van der Waals surface area contributed by atoms with Gasteiger partial charge in [0, 0.05) is 13.1 Å². The van der Waals surface area contributed by atoms with Crippen LogP contribution in [0.4, 0.5) is 0 Å². The Labute approximate surface area is 81.3 Å². The lowest BCUT2D eigenvalue weighted by molar-refractivity contribution is -0.133. The second-order valence-corrected chi connectivity index (χ2v) is 3.95. The van der Waals surface area contributed by atoms with Gasteiger partial charge in [0.1, 0.15) is 0 Å². The number of likely N-dealkylation sites (N-methyl/N-ethyl adjacent to an activating group) is 1. The van der Waals surface area contributed by atoms with Gasteiger partial charge in [0.15, 0.2) is 0 Å². The first-order valence-corrected chi connectivity index (χ1v) is 4.94. The molecular formula is C10H22N2O. The molecule has 3 heteroatoms. The predicted octanol–water partition coefficient (Wildman–Crippen LogP) is 1.23. The number of carbonyl (C=O) groups is 1. The second-order valence-electron chi connectivity index (χ2n) is 3.95. The largest absolute Gasteiger partial charge is 0.342 e. The van der Waals surface area contributed by atoms with Gasteiger partial charge in [-0.05, 0) is 19.8 Å². The van der Waals surface area contributed by atoms with Crippen molar-refractivity contribution in [3.8, 4) is 0 Å². The molecule has 0 aromatic carbocycles. The van der Waals surface area contributed by atoms with Gasteiger partial charge in [-0.3, -0.25) is 4.79 Å². The number of carbonyl (C=O) groups excluding carboxylic acids is 1. The zero-order valence-electron chi connectivity index (χ0n) is 9.37. The van der Waals surface area contributed by atoms with Crippen LogP contribution in [0.5, 0.6) is 0 Å². The summed E-state index contributed by atoms with van der Waals surface area (Å²) in [6.45, 7) is 8.03. The van der Waals surface area contributed by atoms with E-state index in [0.29, 0.717) is 0 Å². The average molecular weight is 186 g/mol. The van der Waals surface area contributed by atoms with Crippen LogP contribution in [0.25, 0.3) is 0 Å². The summed E-state index contributed by atoms with van der Waals surface area (Å²) in [5, 5.41) is 0. The van der Waals surface area contributed by atoms with Crippen molar-refractivity contribution in [3.05, 3.63) is 0 Å². The van der Waals surface area contributed by atoms with Crippen molar-refractivity contribution >= 4 is 5.91 Å². The van der Waals surface area contributed by atoms with Crippen molar-refractivity contribution in [2.24, 2.45) is 11.7 Å². The van der Waals surface area contributed by atoms with Crippen LogP contribution in [-0.2, 0) is 4.79 Å². The van der Waals surface area contributed by atoms with Gasteiger partial charge in [0.2, 0.25) is 5.91 Å². The number of hydrogen-bond donors (Lipinski definition) is 1. The number of nitrogens with zero attached hydrogens (tertiary/aromatic N) is 1. The molecule has 13 heavy (non-hydrogen) atoms. The Hall–Kier alpha value is -0.570. The highest BCUT2D eigenvalue weighted by Crippen LogP contribution is 2.08. The molecule has 2 unspecified atom stereocenters. The minimum absolute atomic E-state index is 0.0457. The summed E-state index contributed by atoms with van der Waals surface area (Å²) in [7, 11) is 1.80. The molecule has 0 radical (unpaired) electrons. The summed E-state index contributed by atoms with van der Waals surface area (Å²) in [6.07, 6.45) is 0.943. The maximum Gasteiger partial charge on any atom is 0.239 e. The highest BCUT2D eigenvalue weighted by Gasteiger charge is 2.23. The van der Waals surface area contributed by atoms with Crippen molar-refractivity contribution in [3.63, 3.8) is 0 Å². The zero-order valence-corrected chi connectivity index (χ0v) is 9.37. The molecule has 0 aromatic heterocycles. The molecule has 78 valence electrons. The Morgan fingerprint density at radius 3 is 2.15 bits per heavy atom. The van der Waals surface area contributed by atoms with Gasteiger partial charge in [0.05, 0.1) is 6.04 Å². The van der Waals surface area contributed by atoms with E-state index in [0.717, 1.165) is 6.42 Å². The normalized spacial score (nSPS) is 15.6. The monoisotopic (exact) mass is 186 g/mol. The zero-order chi connectivity index (χ0) is 10.6. The Balaban J connectivity index is 4.25. The van der Waals surface area contributed by atoms with Crippen LogP contribution in [-0.4, -0.2) is 29.9 Å². The summed E-state index contributed by atoms with van der Waals surface area (Å²) in [4.78, 5) is 13.4. The first-order valence-electron chi connectivity index (χ1n) is 4.94. The summed E-state index contributed by atoms with van der Waals surface area (Å²) in [5.74, 6) is 0.304. The number of hydrogen-bond acceptors (Lipinski definition) is 2. The van der Waals surface area contributed by atoms with Gasteiger partial charge < -0.3 is 10.6 Å². The van der Waals surface area contributed by atoms with Crippen LogP contribution >= 0.6 is 0 Å². The minimum atomic E-state index is -0.350. The Morgan fingerprint density at radius 2 is 1.85 bits per heavy atom. The van der Waals surface area contributed by atoms with E-state index in [9.17, 15) is 4.79 Å². The molecule has 1 amide bonds. The standard InChI is InChI=1S/C10H22N2O/c1-6-8(4)9(11)10(13)12(5)7(2)3/h7-9H,6,11H2,1-5H3. The summed E-state index contributed by atoms with van der Waals surface area (Å²) in [5.41, 5.74) is 5.82. The molecule has 0 rings (SSSR count). The smallest absolute Gasteiger partial charge is 0.239 e. The molecular weight excluding hydrogens is 164 g/mol. The van der Waals surface area contributed by atoms with Crippen molar-refractivity contribution in [2.45, 2.75) is 46.2 Å². The minimum Gasteiger partial charge on any atom is -0.342 e. The van der Waals surface area contributed by atoms with Gasteiger partial charge in [-0.25, -0.2) is 0 Å². The molecule has 0 spiro atoms. The Bertz CT molecular complexity index is 168. The first-order chi connectivity index (χ1) is 5.91. The topological polar surface area (TPSA) is 46.3 Å². The maximum atomic E-state index is 11.7. The first kappa shape index (κ1) is 12.4. The molecule has 2 N–H and O–H groups in total. The number of amides is 1. The summed E-state index contributed by atoms with van der Waals surface area (Å²) >= 11 is 0. The van der Waals surface area contributed by atoms with Crippen molar-refractivity contribution in [1.82, 2.24) is 4.90 Å². The Kier molecular flexibility index (Phi) is 4.99. The molecule has 0 saturated heterocycles. The third kappa shape index (κ3) is 3.35. The van der Waals surface area contributed by atoms with Crippen LogP contribution in [0.2, 0.25) is 0 Å². The van der Waals surface area contributed by atoms with E-state index in [1.54, 1.807) is 11.9 Å². The molecule has 0 saturated carbocycles. The summed E-state index contributed by atoms with van der Waals surface area (Å²) in [6, 6.07) is -0.125. The van der Waals surface area contributed by atoms with Gasteiger partial charge in [-0.15, -0.1) is 0 Å². The van der Waals surface area contributed by atoms with E-state index in [2.05, 4.69) is 0 Å². The second kappa shape index (κ2) is 5.22. The van der Waals surface area contributed by atoms with Crippen LogP contribution in [0.1, 0.15) is 34.1 Å². The third-order valence-electron chi connectivity index (χ3n) is 2.66. The lowest BCUT2D eigenvalue weighted by atomic mass is 9.99. The quantitative estimate of drug-likeness (QED) is 0.717. The molecule has 2 atom stereocenters.